The molecule has 1 N–H and O–H groups in total. The number of nitrogens with zero attached hydrogens (tertiary/aromatic N) is 1. The molecule has 0 atom stereocenters. The number of carbonyl (C=O) groups excluding carboxylic acids is 2. The summed E-state index contributed by atoms with van der Waals surface area (Å²) in [5, 5.41) is 2.93. The van der Waals surface area contributed by atoms with Crippen LogP contribution in [0, 0.1) is 0 Å². The minimum Gasteiger partial charge on any atom is -0.493 e. The van der Waals surface area contributed by atoms with Crippen LogP contribution in [0.2, 0.25) is 0 Å². The lowest BCUT2D eigenvalue weighted by molar-refractivity contribution is -0.119. The summed E-state index contributed by atoms with van der Waals surface area (Å²) in [4.78, 5) is 27.5. The van der Waals surface area contributed by atoms with Gasteiger partial charge in [0.05, 0.1) is 33.4 Å². The predicted molar refractivity (Wildman–Crippen MR) is 126 cm³/mol. The summed E-state index contributed by atoms with van der Waals surface area (Å²) < 4.78 is 16.1. The lowest BCUT2D eigenvalue weighted by atomic mass is 9.99. The standard InChI is InChI=1S/C26H26N2O5/c1-31-22-13-11-20(24(32-2)25(22)33-3)26(30)27-19-10-12-21-18(15-19)9-14-23(29)28(21)16-17-7-5-4-6-8-17/h4-8,10-13,15H,9,14,16H2,1-3H3,(H,27,30). The normalized spacial score (nSPS) is 12.7. The van der Waals surface area contributed by atoms with Crippen molar-refractivity contribution in [1.29, 1.82) is 0 Å². The fraction of sp³-hybridized carbons (Fsp3) is 0.231. The molecule has 0 fully saturated rings. The number of amides is 2. The van der Waals surface area contributed by atoms with E-state index in [0.717, 1.165) is 16.8 Å². The minimum atomic E-state index is -0.333. The van der Waals surface area contributed by atoms with Crippen molar-refractivity contribution in [3.8, 4) is 17.2 Å². The van der Waals surface area contributed by atoms with Crippen LogP contribution in [0.4, 0.5) is 11.4 Å². The summed E-state index contributed by atoms with van der Waals surface area (Å²) >= 11 is 0. The molecule has 3 aromatic carbocycles. The highest BCUT2D eigenvalue weighted by Gasteiger charge is 2.25. The molecule has 170 valence electrons. The number of ether oxygens (including phenoxy) is 3. The van der Waals surface area contributed by atoms with Crippen LogP contribution >= 0.6 is 0 Å². The van der Waals surface area contributed by atoms with Crippen LogP contribution in [-0.2, 0) is 17.8 Å². The molecular formula is C26H26N2O5. The summed E-state index contributed by atoms with van der Waals surface area (Å²) in [7, 11) is 4.50. The van der Waals surface area contributed by atoms with Crippen LogP contribution in [0.15, 0.2) is 60.7 Å². The van der Waals surface area contributed by atoms with Crippen LogP contribution in [0.5, 0.6) is 17.2 Å². The minimum absolute atomic E-state index is 0.0956. The monoisotopic (exact) mass is 446 g/mol. The highest BCUT2D eigenvalue weighted by Crippen LogP contribution is 2.40. The lowest BCUT2D eigenvalue weighted by Gasteiger charge is -2.30. The summed E-state index contributed by atoms with van der Waals surface area (Å²) in [6.07, 6.45) is 1.06. The van der Waals surface area contributed by atoms with Gasteiger partial charge in [-0.15, -0.1) is 0 Å². The molecule has 0 bridgehead atoms. The van der Waals surface area contributed by atoms with Gasteiger partial charge >= 0.3 is 0 Å². The Bertz CT molecular complexity index is 1180. The van der Waals surface area contributed by atoms with E-state index in [0.29, 0.717) is 47.9 Å². The van der Waals surface area contributed by atoms with Crippen LogP contribution in [0.1, 0.15) is 27.9 Å². The number of hydrogen-bond acceptors (Lipinski definition) is 5. The van der Waals surface area contributed by atoms with Crippen molar-refractivity contribution in [2.45, 2.75) is 19.4 Å². The lowest BCUT2D eigenvalue weighted by Crippen LogP contribution is -2.34. The summed E-state index contributed by atoms with van der Waals surface area (Å²) in [5.41, 5.74) is 3.93. The Hall–Kier alpha value is -4.00. The molecule has 3 aromatic rings. The highest BCUT2D eigenvalue weighted by molar-refractivity contribution is 6.07. The van der Waals surface area contributed by atoms with Gasteiger partial charge in [0.1, 0.15) is 0 Å². The molecule has 0 radical (unpaired) electrons. The van der Waals surface area contributed by atoms with E-state index in [-0.39, 0.29) is 11.8 Å². The zero-order valence-electron chi connectivity index (χ0n) is 18.9. The van der Waals surface area contributed by atoms with Crippen molar-refractivity contribution in [2.75, 3.05) is 31.5 Å². The molecule has 7 nitrogen and oxygen atoms in total. The van der Waals surface area contributed by atoms with Crippen molar-refractivity contribution < 1.29 is 23.8 Å². The van der Waals surface area contributed by atoms with Crippen LogP contribution in [0.3, 0.4) is 0 Å². The number of methoxy groups -OCH3 is 3. The molecule has 0 unspecified atom stereocenters. The van der Waals surface area contributed by atoms with Gasteiger partial charge in [-0.25, -0.2) is 0 Å². The van der Waals surface area contributed by atoms with Gasteiger partial charge in [-0.3, -0.25) is 9.59 Å². The zero-order chi connectivity index (χ0) is 23.4. The van der Waals surface area contributed by atoms with Crippen molar-refractivity contribution in [2.24, 2.45) is 0 Å². The summed E-state index contributed by atoms with van der Waals surface area (Å²) in [6, 6.07) is 18.8. The summed E-state index contributed by atoms with van der Waals surface area (Å²) in [5.74, 6) is 0.891. The molecule has 0 aromatic heterocycles. The van der Waals surface area contributed by atoms with Crippen LogP contribution in [-0.4, -0.2) is 33.1 Å². The fourth-order valence-corrected chi connectivity index (χ4v) is 4.06. The molecule has 33 heavy (non-hydrogen) atoms. The first kappa shape index (κ1) is 22.2. The Morgan fingerprint density at radius 3 is 2.36 bits per heavy atom. The van der Waals surface area contributed by atoms with E-state index in [4.69, 9.17) is 14.2 Å². The largest absolute Gasteiger partial charge is 0.493 e. The van der Waals surface area contributed by atoms with Gasteiger partial charge in [-0.05, 0) is 47.9 Å². The van der Waals surface area contributed by atoms with Gasteiger partial charge in [-0.2, -0.15) is 0 Å². The topological polar surface area (TPSA) is 77.1 Å². The van der Waals surface area contributed by atoms with Crippen LogP contribution < -0.4 is 24.4 Å². The average molecular weight is 447 g/mol. The second kappa shape index (κ2) is 9.65. The second-order valence-electron chi connectivity index (χ2n) is 7.64. The van der Waals surface area contributed by atoms with E-state index in [2.05, 4.69) is 5.32 Å². The Labute approximate surface area is 192 Å². The fourth-order valence-electron chi connectivity index (χ4n) is 4.06. The molecule has 0 saturated carbocycles. The zero-order valence-corrected chi connectivity index (χ0v) is 18.9. The van der Waals surface area contributed by atoms with E-state index in [1.165, 1.54) is 21.3 Å². The van der Waals surface area contributed by atoms with E-state index >= 15 is 0 Å². The molecule has 0 aliphatic carbocycles. The van der Waals surface area contributed by atoms with Gasteiger partial charge in [0, 0.05) is 17.8 Å². The molecular weight excluding hydrogens is 420 g/mol. The molecule has 1 aliphatic rings. The Morgan fingerprint density at radius 1 is 0.909 bits per heavy atom. The van der Waals surface area contributed by atoms with Crippen molar-refractivity contribution >= 4 is 23.2 Å². The van der Waals surface area contributed by atoms with Crippen molar-refractivity contribution in [1.82, 2.24) is 0 Å². The number of rotatable bonds is 7. The first-order valence-electron chi connectivity index (χ1n) is 10.6. The first-order valence-corrected chi connectivity index (χ1v) is 10.6. The van der Waals surface area contributed by atoms with E-state index < -0.39 is 0 Å². The third-order valence-corrected chi connectivity index (χ3v) is 5.67. The predicted octanol–water partition coefficient (Wildman–Crippen LogP) is 4.44. The second-order valence-corrected chi connectivity index (χ2v) is 7.64. The number of fused-ring (bicyclic) bond motifs is 1. The molecule has 4 rings (SSSR count). The Morgan fingerprint density at radius 2 is 1.67 bits per heavy atom. The maximum atomic E-state index is 13.0. The van der Waals surface area contributed by atoms with Gasteiger partial charge in [0.2, 0.25) is 11.7 Å². The van der Waals surface area contributed by atoms with Gasteiger partial charge in [0.15, 0.2) is 11.5 Å². The molecule has 1 aliphatic heterocycles. The summed E-state index contributed by atoms with van der Waals surface area (Å²) in [6.45, 7) is 0.515. The molecule has 2 amide bonds. The van der Waals surface area contributed by atoms with Crippen molar-refractivity contribution in [3.63, 3.8) is 0 Å². The number of anilines is 2. The third kappa shape index (κ3) is 4.48. The van der Waals surface area contributed by atoms with E-state index in [1.807, 2.05) is 42.5 Å². The quantitative estimate of drug-likeness (QED) is 0.581. The number of benzene rings is 3. The van der Waals surface area contributed by atoms with E-state index in [1.54, 1.807) is 23.1 Å². The van der Waals surface area contributed by atoms with Crippen LogP contribution in [0.25, 0.3) is 0 Å². The number of hydrogen-bond donors (Lipinski definition) is 1. The Balaban J connectivity index is 1.59. The molecule has 7 heteroatoms. The average Bonchev–Trinajstić information content (AvgIpc) is 2.85. The van der Waals surface area contributed by atoms with Crippen molar-refractivity contribution in [3.05, 3.63) is 77.4 Å². The SMILES string of the molecule is COc1ccc(C(=O)Nc2ccc3c(c2)CCC(=O)N3Cc2ccccc2)c(OC)c1OC. The Kier molecular flexibility index (Phi) is 6.49. The highest BCUT2D eigenvalue weighted by atomic mass is 16.5. The number of aryl methyl sites for hydroxylation is 1. The molecule has 1 heterocycles. The molecule has 0 saturated heterocycles. The maximum Gasteiger partial charge on any atom is 0.259 e. The van der Waals surface area contributed by atoms with Gasteiger partial charge in [-0.1, -0.05) is 30.3 Å². The third-order valence-electron chi connectivity index (χ3n) is 5.67. The number of nitrogens with one attached hydrogen (secondary N) is 1. The van der Waals surface area contributed by atoms with E-state index in [9.17, 15) is 9.59 Å². The maximum absolute atomic E-state index is 13.0. The first-order chi connectivity index (χ1) is 16.0. The molecule has 0 spiro atoms. The smallest absolute Gasteiger partial charge is 0.259 e. The van der Waals surface area contributed by atoms with Gasteiger partial charge < -0.3 is 24.4 Å². The number of carbonyl (C=O) groups is 2. The van der Waals surface area contributed by atoms with Gasteiger partial charge in [0.25, 0.3) is 5.91 Å².